The van der Waals surface area contributed by atoms with E-state index in [2.05, 4.69) is 229 Å². The molecule has 0 radical (unpaired) electrons. The number of rotatable bonds is 6. The van der Waals surface area contributed by atoms with Crippen LogP contribution in [-0.2, 0) is 0 Å². The van der Waals surface area contributed by atoms with E-state index in [1.807, 2.05) is 0 Å². The summed E-state index contributed by atoms with van der Waals surface area (Å²) < 4.78 is 4.78. The Kier molecular flexibility index (Phi) is 7.97. The summed E-state index contributed by atoms with van der Waals surface area (Å²) in [7, 11) is 0. The number of fused-ring (bicyclic) bond motifs is 6. The summed E-state index contributed by atoms with van der Waals surface area (Å²) >= 11 is 0. The van der Waals surface area contributed by atoms with Gasteiger partial charge >= 0.3 is 0 Å². The largest absolute Gasteiger partial charge is 0.309 e. The Morgan fingerprint density at radius 2 is 0.707 bits per heavy atom. The van der Waals surface area contributed by atoms with Gasteiger partial charge in [-0.05, 0) is 142 Å². The van der Waals surface area contributed by atoms with Crippen molar-refractivity contribution in [1.82, 2.24) is 9.13 Å². The molecular formula is C56H40N2. The van der Waals surface area contributed by atoms with Crippen molar-refractivity contribution in [2.75, 3.05) is 0 Å². The van der Waals surface area contributed by atoms with Crippen LogP contribution >= 0.6 is 0 Å². The molecule has 0 saturated carbocycles. The molecule has 0 aliphatic rings. The van der Waals surface area contributed by atoms with Crippen molar-refractivity contribution in [3.8, 4) is 55.9 Å². The van der Waals surface area contributed by atoms with Crippen LogP contribution in [0.5, 0.6) is 0 Å². The van der Waals surface area contributed by atoms with E-state index in [-0.39, 0.29) is 0 Å². The predicted octanol–water partition coefficient (Wildman–Crippen LogP) is 15.2. The van der Waals surface area contributed by atoms with Gasteiger partial charge in [0.05, 0.1) is 22.1 Å². The average molecular weight is 741 g/mol. The summed E-state index contributed by atoms with van der Waals surface area (Å²) in [5.74, 6) is 0. The summed E-state index contributed by atoms with van der Waals surface area (Å²) in [6.45, 7) is 4.39. The fourth-order valence-electron chi connectivity index (χ4n) is 9.09. The topological polar surface area (TPSA) is 9.86 Å². The molecule has 2 nitrogen and oxygen atoms in total. The van der Waals surface area contributed by atoms with E-state index < -0.39 is 0 Å². The molecule has 2 aromatic heterocycles. The van der Waals surface area contributed by atoms with Gasteiger partial charge in [-0.25, -0.2) is 0 Å². The van der Waals surface area contributed by atoms with Gasteiger partial charge in [0.15, 0.2) is 0 Å². The normalized spacial score (nSPS) is 11.6. The van der Waals surface area contributed by atoms with Crippen molar-refractivity contribution in [3.05, 3.63) is 217 Å². The van der Waals surface area contributed by atoms with Gasteiger partial charge in [-0.3, -0.25) is 0 Å². The molecule has 0 atom stereocenters. The number of aryl methyl sites for hydroxylation is 2. The number of aromatic nitrogens is 2. The summed E-state index contributed by atoms with van der Waals surface area (Å²) in [5, 5.41) is 5.02. The molecule has 0 bridgehead atoms. The Balaban J connectivity index is 0.959. The molecule has 2 heteroatoms. The summed E-state index contributed by atoms with van der Waals surface area (Å²) in [4.78, 5) is 0. The monoisotopic (exact) mass is 740 g/mol. The third-order valence-corrected chi connectivity index (χ3v) is 12.0. The second kappa shape index (κ2) is 13.7. The van der Waals surface area contributed by atoms with Gasteiger partial charge in [0.1, 0.15) is 0 Å². The Bertz CT molecular complexity index is 3340. The van der Waals surface area contributed by atoms with Gasteiger partial charge in [0, 0.05) is 32.9 Å². The molecule has 0 aliphatic heterocycles. The highest BCUT2D eigenvalue weighted by Crippen LogP contribution is 2.39. The number of para-hydroxylation sites is 3. The van der Waals surface area contributed by atoms with E-state index >= 15 is 0 Å². The number of hydrogen-bond donors (Lipinski definition) is 0. The third-order valence-electron chi connectivity index (χ3n) is 12.0. The Hall–Kier alpha value is -7.42. The number of nitrogens with zero attached hydrogens (tertiary/aromatic N) is 2. The minimum absolute atomic E-state index is 1.15. The highest BCUT2D eigenvalue weighted by molar-refractivity contribution is 6.12. The maximum atomic E-state index is 2.41. The minimum atomic E-state index is 1.15. The van der Waals surface area contributed by atoms with Crippen LogP contribution in [0.3, 0.4) is 0 Å². The van der Waals surface area contributed by atoms with Crippen LogP contribution in [0.1, 0.15) is 11.1 Å². The molecule has 9 aromatic carbocycles. The molecule has 0 amide bonds. The summed E-state index contributed by atoms with van der Waals surface area (Å²) in [6, 6.07) is 75.5. The van der Waals surface area contributed by atoms with Gasteiger partial charge in [-0.2, -0.15) is 0 Å². The van der Waals surface area contributed by atoms with Gasteiger partial charge < -0.3 is 9.13 Å². The van der Waals surface area contributed by atoms with E-state index in [4.69, 9.17) is 0 Å². The molecule has 11 aromatic rings. The van der Waals surface area contributed by atoms with Crippen molar-refractivity contribution < 1.29 is 0 Å². The molecule has 274 valence electrons. The highest BCUT2D eigenvalue weighted by atomic mass is 15.0. The first kappa shape index (κ1) is 33.9. The lowest BCUT2D eigenvalue weighted by atomic mass is 9.92. The summed E-state index contributed by atoms with van der Waals surface area (Å²) in [5.41, 5.74) is 19.6. The number of hydrogen-bond acceptors (Lipinski definition) is 0. The molecule has 0 unspecified atom stereocenters. The summed E-state index contributed by atoms with van der Waals surface area (Å²) in [6.07, 6.45) is 0. The molecule has 0 fully saturated rings. The fourth-order valence-corrected chi connectivity index (χ4v) is 9.09. The van der Waals surface area contributed by atoms with E-state index in [0.29, 0.717) is 0 Å². The second-order valence-electron chi connectivity index (χ2n) is 15.5. The molecule has 0 saturated heterocycles. The zero-order chi connectivity index (χ0) is 38.7. The zero-order valence-corrected chi connectivity index (χ0v) is 32.5. The maximum Gasteiger partial charge on any atom is 0.0541 e. The molecule has 0 spiro atoms. The van der Waals surface area contributed by atoms with Crippen LogP contribution in [0.25, 0.3) is 99.5 Å². The van der Waals surface area contributed by atoms with Gasteiger partial charge in [0.25, 0.3) is 0 Å². The van der Waals surface area contributed by atoms with Crippen LogP contribution in [0.4, 0.5) is 0 Å². The molecule has 11 rings (SSSR count). The maximum absolute atomic E-state index is 2.41. The first-order valence-corrected chi connectivity index (χ1v) is 20.1. The molecule has 58 heavy (non-hydrogen) atoms. The van der Waals surface area contributed by atoms with E-state index in [0.717, 1.165) is 5.69 Å². The highest BCUT2D eigenvalue weighted by Gasteiger charge is 2.16. The third kappa shape index (κ3) is 5.56. The Morgan fingerprint density at radius 1 is 0.259 bits per heavy atom. The van der Waals surface area contributed by atoms with Crippen molar-refractivity contribution in [3.63, 3.8) is 0 Å². The SMILES string of the molecule is Cc1ccccc1-c1cc(-c2cccc(-c3ccc(-n4c5ccccc5c5cc(-c6ccc7c(c6)c6ccccc6n7-c6ccccc6)ccc54)cc3)c2)ccc1C. The zero-order valence-electron chi connectivity index (χ0n) is 32.5. The lowest BCUT2D eigenvalue weighted by Crippen LogP contribution is -1.94. The number of benzene rings is 9. The second-order valence-corrected chi connectivity index (χ2v) is 15.5. The van der Waals surface area contributed by atoms with Crippen molar-refractivity contribution >= 4 is 43.6 Å². The van der Waals surface area contributed by atoms with Crippen LogP contribution in [-0.4, -0.2) is 9.13 Å². The average Bonchev–Trinajstić information content (AvgIpc) is 3.79. The lowest BCUT2D eigenvalue weighted by molar-refractivity contribution is 1.18. The lowest BCUT2D eigenvalue weighted by Gasteiger charge is -2.13. The van der Waals surface area contributed by atoms with E-state index in [1.54, 1.807) is 0 Å². The smallest absolute Gasteiger partial charge is 0.0541 e. The minimum Gasteiger partial charge on any atom is -0.309 e. The molecule has 0 aliphatic carbocycles. The van der Waals surface area contributed by atoms with Crippen LogP contribution in [0.2, 0.25) is 0 Å². The quantitative estimate of drug-likeness (QED) is 0.161. The van der Waals surface area contributed by atoms with Gasteiger partial charge in [-0.1, -0.05) is 133 Å². The molecule has 0 N–H and O–H groups in total. The first-order chi connectivity index (χ1) is 28.6. The molecule has 2 heterocycles. The van der Waals surface area contributed by atoms with Crippen molar-refractivity contribution in [1.29, 1.82) is 0 Å². The Labute approximate surface area is 338 Å². The van der Waals surface area contributed by atoms with E-state index in [1.165, 1.54) is 105 Å². The fraction of sp³-hybridized carbons (Fsp3) is 0.0357. The van der Waals surface area contributed by atoms with Crippen LogP contribution in [0.15, 0.2) is 206 Å². The standard InChI is InChI=1S/C56H40N2/c1-37-13-6-7-18-47(37)50-34-42(24-23-38(50)2)41-15-12-14-40(33-41)39-25-29-46(30-26-39)58-54-22-11-9-20-49(54)52-36-44(28-32-56(52)58)43-27-31-55-51(35-43)48-19-8-10-21-53(48)57(55)45-16-4-3-5-17-45/h3-36H,1-2H3. The van der Waals surface area contributed by atoms with Gasteiger partial charge in [-0.15, -0.1) is 0 Å². The Morgan fingerprint density at radius 3 is 1.34 bits per heavy atom. The predicted molar refractivity (Wildman–Crippen MR) is 246 cm³/mol. The first-order valence-electron chi connectivity index (χ1n) is 20.1. The van der Waals surface area contributed by atoms with Crippen molar-refractivity contribution in [2.24, 2.45) is 0 Å². The molecular weight excluding hydrogens is 701 g/mol. The van der Waals surface area contributed by atoms with E-state index in [9.17, 15) is 0 Å². The van der Waals surface area contributed by atoms with Crippen LogP contribution in [0, 0.1) is 13.8 Å². The van der Waals surface area contributed by atoms with Crippen LogP contribution < -0.4 is 0 Å². The van der Waals surface area contributed by atoms with Gasteiger partial charge in [0.2, 0.25) is 0 Å². The van der Waals surface area contributed by atoms with Crippen molar-refractivity contribution in [2.45, 2.75) is 13.8 Å².